The second kappa shape index (κ2) is 5.01. The van der Waals surface area contributed by atoms with Crippen LogP contribution in [-0.2, 0) is 0 Å². The van der Waals surface area contributed by atoms with Crippen molar-refractivity contribution in [2.75, 3.05) is 5.32 Å². The zero-order valence-electron chi connectivity index (χ0n) is 12.2. The fourth-order valence-corrected chi connectivity index (χ4v) is 2.19. The summed E-state index contributed by atoms with van der Waals surface area (Å²) in [6.45, 7) is 5.82. The van der Waals surface area contributed by atoms with Crippen LogP contribution in [0.4, 0.5) is 5.69 Å². The van der Waals surface area contributed by atoms with E-state index in [9.17, 15) is 4.79 Å². The van der Waals surface area contributed by atoms with Gasteiger partial charge in [-0.3, -0.25) is 4.79 Å². The molecule has 0 aliphatic carbocycles. The van der Waals surface area contributed by atoms with Crippen molar-refractivity contribution in [1.29, 1.82) is 0 Å². The molecule has 0 spiro atoms. The van der Waals surface area contributed by atoms with Crippen LogP contribution in [-0.4, -0.2) is 20.5 Å². The minimum Gasteiger partial charge on any atom is -0.321 e. The molecule has 1 N–H and O–H groups in total. The van der Waals surface area contributed by atoms with Gasteiger partial charge in [-0.15, -0.1) is 0 Å². The molecule has 106 valence electrons. The molecule has 2 aromatic heterocycles. The van der Waals surface area contributed by atoms with Crippen molar-refractivity contribution in [3.63, 3.8) is 0 Å². The molecule has 1 amide bonds. The first-order chi connectivity index (χ1) is 10.0. The van der Waals surface area contributed by atoms with Gasteiger partial charge in [0, 0.05) is 17.4 Å². The number of rotatable bonds is 2. The van der Waals surface area contributed by atoms with Crippen molar-refractivity contribution in [2.24, 2.45) is 0 Å². The van der Waals surface area contributed by atoms with E-state index in [-0.39, 0.29) is 5.91 Å². The molecule has 0 radical (unpaired) electrons. The number of anilines is 1. The summed E-state index contributed by atoms with van der Waals surface area (Å²) in [5.41, 5.74) is 4.73. The molecule has 3 rings (SSSR count). The number of hydrogen-bond acceptors (Lipinski definition) is 3. The second-order valence-corrected chi connectivity index (χ2v) is 5.16. The van der Waals surface area contributed by atoms with Gasteiger partial charge in [-0.2, -0.15) is 5.10 Å². The fraction of sp³-hybridized carbons (Fsp3) is 0.188. The minimum absolute atomic E-state index is 0.219. The van der Waals surface area contributed by atoms with Crippen molar-refractivity contribution in [1.82, 2.24) is 14.6 Å². The van der Waals surface area contributed by atoms with Crippen molar-refractivity contribution < 1.29 is 4.79 Å². The molecule has 5 heteroatoms. The highest BCUT2D eigenvalue weighted by Gasteiger charge is 2.12. The van der Waals surface area contributed by atoms with Crippen molar-refractivity contribution >= 4 is 17.2 Å². The maximum atomic E-state index is 12.3. The summed E-state index contributed by atoms with van der Waals surface area (Å²) < 4.78 is 1.73. The Labute approximate surface area is 122 Å². The van der Waals surface area contributed by atoms with E-state index >= 15 is 0 Å². The molecular weight excluding hydrogens is 264 g/mol. The highest BCUT2D eigenvalue weighted by Crippen LogP contribution is 2.12. The van der Waals surface area contributed by atoms with Crippen LogP contribution < -0.4 is 5.32 Å². The van der Waals surface area contributed by atoms with E-state index in [1.807, 2.05) is 51.1 Å². The second-order valence-electron chi connectivity index (χ2n) is 5.16. The monoisotopic (exact) mass is 280 g/mol. The van der Waals surface area contributed by atoms with Crippen molar-refractivity contribution in [3.8, 4) is 0 Å². The molecule has 2 heterocycles. The van der Waals surface area contributed by atoms with Gasteiger partial charge in [0.1, 0.15) is 5.69 Å². The Balaban J connectivity index is 1.92. The summed E-state index contributed by atoms with van der Waals surface area (Å²) in [7, 11) is 0. The van der Waals surface area contributed by atoms with Gasteiger partial charge in [0.05, 0.1) is 5.69 Å². The molecule has 0 saturated carbocycles. The number of nitrogens with one attached hydrogen (secondary N) is 1. The molecule has 5 nitrogen and oxygen atoms in total. The zero-order chi connectivity index (χ0) is 15.0. The van der Waals surface area contributed by atoms with Gasteiger partial charge in [-0.05, 0) is 39.0 Å². The molecule has 0 aliphatic heterocycles. The summed E-state index contributed by atoms with van der Waals surface area (Å²) in [6.07, 6.45) is 0. The Bertz CT molecular complexity index is 818. The van der Waals surface area contributed by atoms with Gasteiger partial charge in [-0.25, -0.2) is 9.50 Å². The number of fused-ring (bicyclic) bond motifs is 1. The van der Waals surface area contributed by atoms with E-state index in [0.29, 0.717) is 11.3 Å². The average Bonchev–Trinajstić information content (AvgIpc) is 2.82. The number of benzene rings is 1. The predicted molar refractivity (Wildman–Crippen MR) is 81.6 cm³/mol. The van der Waals surface area contributed by atoms with Crippen LogP contribution in [0.15, 0.2) is 36.4 Å². The van der Waals surface area contributed by atoms with Crippen LogP contribution >= 0.6 is 0 Å². The summed E-state index contributed by atoms with van der Waals surface area (Å²) in [4.78, 5) is 16.7. The Hall–Kier alpha value is -2.69. The largest absolute Gasteiger partial charge is 0.321 e. The number of aryl methyl sites for hydroxylation is 3. The normalized spacial score (nSPS) is 10.8. The molecular formula is C16H16N4O. The molecule has 0 aliphatic rings. The first-order valence-corrected chi connectivity index (χ1v) is 6.75. The van der Waals surface area contributed by atoms with E-state index in [1.54, 1.807) is 10.6 Å². The van der Waals surface area contributed by atoms with Crippen LogP contribution in [0.2, 0.25) is 0 Å². The van der Waals surface area contributed by atoms with Gasteiger partial charge >= 0.3 is 0 Å². The highest BCUT2D eigenvalue weighted by atomic mass is 16.1. The average molecular weight is 280 g/mol. The quantitative estimate of drug-likeness (QED) is 0.785. The van der Waals surface area contributed by atoms with Crippen LogP contribution in [0, 0.1) is 20.8 Å². The lowest BCUT2D eigenvalue weighted by Crippen LogP contribution is -2.15. The van der Waals surface area contributed by atoms with Gasteiger partial charge in [0.15, 0.2) is 5.65 Å². The molecule has 0 bridgehead atoms. The molecule has 0 fully saturated rings. The van der Waals surface area contributed by atoms with E-state index in [1.165, 1.54) is 0 Å². The molecule has 3 aromatic rings. The molecule has 0 unspecified atom stereocenters. The van der Waals surface area contributed by atoms with Gasteiger partial charge < -0.3 is 5.32 Å². The van der Waals surface area contributed by atoms with Crippen LogP contribution in [0.1, 0.15) is 27.4 Å². The first kappa shape index (κ1) is 13.3. The van der Waals surface area contributed by atoms with Gasteiger partial charge in [0.2, 0.25) is 0 Å². The van der Waals surface area contributed by atoms with Crippen molar-refractivity contribution in [3.05, 3.63) is 59.0 Å². The lowest BCUT2D eigenvalue weighted by Gasteiger charge is -2.06. The van der Waals surface area contributed by atoms with Crippen LogP contribution in [0.5, 0.6) is 0 Å². The Morgan fingerprint density at radius 3 is 2.52 bits per heavy atom. The zero-order valence-corrected chi connectivity index (χ0v) is 12.2. The fourth-order valence-electron chi connectivity index (χ4n) is 2.19. The molecule has 1 aromatic carbocycles. The van der Waals surface area contributed by atoms with Crippen LogP contribution in [0.25, 0.3) is 5.65 Å². The third-order valence-electron chi connectivity index (χ3n) is 3.27. The predicted octanol–water partition coefficient (Wildman–Crippen LogP) is 2.91. The number of hydrogen-bond donors (Lipinski definition) is 1. The van der Waals surface area contributed by atoms with Crippen molar-refractivity contribution in [2.45, 2.75) is 20.8 Å². The number of nitrogens with zero attached hydrogens (tertiary/aromatic N) is 3. The lowest BCUT2D eigenvalue weighted by molar-refractivity contribution is 0.102. The summed E-state index contributed by atoms with van der Waals surface area (Å²) in [5.74, 6) is -0.219. The highest BCUT2D eigenvalue weighted by molar-refractivity contribution is 6.03. The smallest absolute Gasteiger partial charge is 0.274 e. The standard InChI is InChI=1S/C16H16N4O/c1-10-4-6-13(7-5-10)17-16(21)14-9-12(3)20-15(18-14)8-11(2)19-20/h4-9H,1-3H3,(H,17,21). The maximum Gasteiger partial charge on any atom is 0.274 e. The van der Waals surface area contributed by atoms with E-state index in [0.717, 1.165) is 22.6 Å². The van der Waals surface area contributed by atoms with E-state index in [4.69, 9.17) is 0 Å². The Morgan fingerprint density at radius 1 is 1.10 bits per heavy atom. The van der Waals surface area contributed by atoms with Gasteiger partial charge in [0.25, 0.3) is 5.91 Å². The minimum atomic E-state index is -0.219. The molecule has 21 heavy (non-hydrogen) atoms. The number of carbonyl (C=O) groups is 1. The van der Waals surface area contributed by atoms with E-state index < -0.39 is 0 Å². The maximum absolute atomic E-state index is 12.3. The number of amides is 1. The van der Waals surface area contributed by atoms with Gasteiger partial charge in [-0.1, -0.05) is 17.7 Å². The summed E-state index contributed by atoms with van der Waals surface area (Å²) in [5, 5.41) is 7.18. The topological polar surface area (TPSA) is 59.3 Å². The number of aromatic nitrogens is 3. The Morgan fingerprint density at radius 2 is 1.81 bits per heavy atom. The third kappa shape index (κ3) is 2.63. The third-order valence-corrected chi connectivity index (χ3v) is 3.27. The summed E-state index contributed by atoms with van der Waals surface area (Å²) in [6, 6.07) is 11.3. The Kier molecular flexibility index (Phi) is 3.17. The summed E-state index contributed by atoms with van der Waals surface area (Å²) >= 11 is 0. The van der Waals surface area contributed by atoms with Crippen LogP contribution in [0.3, 0.4) is 0 Å². The lowest BCUT2D eigenvalue weighted by atomic mass is 10.2. The molecule has 0 saturated heterocycles. The SMILES string of the molecule is Cc1ccc(NC(=O)c2cc(C)n3nc(C)cc3n2)cc1. The first-order valence-electron chi connectivity index (χ1n) is 6.75. The number of carbonyl (C=O) groups excluding carboxylic acids is 1. The van der Waals surface area contributed by atoms with E-state index in [2.05, 4.69) is 15.4 Å². The molecule has 0 atom stereocenters.